The Morgan fingerprint density at radius 1 is 0.900 bits per heavy atom. The fourth-order valence-electron chi connectivity index (χ4n) is 6.86. The van der Waals surface area contributed by atoms with Gasteiger partial charge in [-0.05, 0) is 46.5 Å². The van der Waals surface area contributed by atoms with Crippen molar-refractivity contribution >= 4 is 29.6 Å². The second kappa shape index (κ2) is 8.98. The first kappa shape index (κ1) is 24.0. The number of hydrazone groups is 1. The van der Waals surface area contributed by atoms with Gasteiger partial charge in [-0.2, -0.15) is 5.10 Å². The molecule has 1 aliphatic heterocycles. The lowest BCUT2D eigenvalue weighted by Crippen LogP contribution is -2.54. The lowest BCUT2D eigenvalue weighted by atomic mass is 9.47. The second-order valence-electron chi connectivity index (χ2n) is 10.1. The first-order valence-electron chi connectivity index (χ1n) is 13.0. The number of hydrogen-bond acceptors (Lipinski definition) is 6. The van der Waals surface area contributed by atoms with Crippen molar-refractivity contribution < 1.29 is 19.1 Å². The third-order valence-corrected chi connectivity index (χ3v) is 8.39. The molecule has 4 aliphatic rings. The maximum atomic E-state index is 14.4. The summed E-state index contributed by atoms with van der Waals surface area (Å²) in [6.07, 6.45) is 4.71. The molecule has 0 radical (unpaired) electrons. The van der Waals surface area contributed by atoms with Crippen LogP contribution in [0, 0.1) is 11.8 Å². The summed E-state index contributed by atoms with van der Waals surface area (Å²) >= 11 is 0. The van der Waals surface area contributed by atoms with E-state index in [0.717, 1.165) is 22.3 Å². The van der Waals surface area contributed by atoms with E-state index < -0.39 is 23.2 Å². The minimum absolute atomic E-state index is 0.271. The van der Waals surface area contributed by atoms with Crippen molar-refractivity contribution in [1.29, 1.82) is 0 Å². The van der Waals surface area contributed by atoms with Crippen molar-refractivity contribution in [1.82, 2.24) is 10.4 Å². The lowest BCUT2D eigenvalue weighted by molar-refractivity contribution is -0.122. The van der Waals surface area contributed by atoms with E-state index in [9.17, 15) is 14.4 Å². The average molecular weight is 529 g/mol. The summed E-state index contributed by atoms with van der Waals surface area (Å²) in [7, 11) is 1.52. The van der Waals surface area contributed by atoms with Gasteiger partial charge in [-0.3, -0.25) is 19.4 Å². The number of aromatic nitrogens is 1. The number of anilines is 1. The molecule has 2 bridgehead atoms. The number of ether oxygens (including phenoxy) is 1. The number of carbonyl (C=O) groups is 3. The number of amides is 3. The molecule has 1 saturated heterocycles. The van der Waals surface area contributed by atoms with E-state index in [4.69, 9.17) is 4.74 Å². The lowest BCUT2D eigenvalue weighted by Gasteiger charge is -2.52. The Bertz CT molecular complexity index is 1670. The van der Waals surface area contributed by atoms with E-state index in [-0.39, 0.29) is 17.7 Å². The zero-order chi connectivity index (χ0) is 27.4. The van der Waals surface area contributed by atoms with Gasteiger partial charge in [0.1, 0.15) is 5.75 Å². The number of rotatable bonds is 5. The summed E-state index contributed by atoms with van der Waals surface area (Å²) < 4.78 is 5.53. The minimum Gasteiger partial charge on any atom is -0.495 e. The van der Waals surface area contributed by atoms with E-state index in [0.29, 0.717) is 17.0 Å². The van der Waals surface area contributed by atoms with Crippen LogP contribution in [0.15, 0.2) is 102 Å². The highest BCUT2D eigenvalue weighted by atomic mass is 16.5. The Labute approximate surface area is 230 Å². The van der Waals surface area contributed by atoms with Gasteiger partial charge in [-0.25, -0.2) is 10.3 Å². The molecule has 2 heterocycles. The molecule has 40 heavy (non-hydrogen) atoms. The average Bonchev–Trinajstić information content (AvgIpc) is 3.28. The Kier molecular flexibility index (Phi) is 5.38. The Morgan fingerprint density at radius 2 is 1.52 bits per heavy atom. The Hall–Kier alpha value is -5.11. The fraction of sp³-hybridized carbons (Fsp3) is 0.156. The molecule has 0 spiro atoms. The minimum atomic E-state index is -1.08. The molecule has 3 aromatic carbocycles. The molecule has 4 aromatic rings. The highest BCUT2D eigenvalue weighted by Crippen LogP contribution is 2.63. The van der Waals surface area contributed by atoms with Crippen LogP contribution in [0.1, 0.15) is 38.5 Å². The van der Waals surface area contributed by atoms with E-state index in [1.54, 1.807) is 42.6 Å². The van der Waals surface area contributed by atoms with Crippen LogP contribution in [0.5, 0.6) is 5.75 Å². The topological polar surface area (TPSA) is 101 Å². The summed E-state index contributed by atoms with van der Waals surface area (Å²) in [6, 6.07) is 26.0. The van der Waals surface area contributed by atoms with Gasteiger partial charge in [0, 0.05) is 30.1 Å². The molecule has 1 fully saturated rings. The number of imide groups is 1. The quantitative estimate of drug-likeness (QED) is 0.239. The maximum Gasteiger partial charge on any atom is 0.271 e. The van der Waals surface area contributed by atoms with Crippen LogP contribution in [0.25, 0.3) is 0 Å². The molecule has 1 aromatic heterocycles. The maximum absolute atomic E-state index is 14.4. The van der Waals surface area contributed by atoms with Crippen molar-refractivity contribution in [2.24, 2.45) is 16.9 Å². The number of para-hydroxylation sites is 2. The van der Waals surface area contributed by atoms with E-state index >= 15 is 0 Å². The Morgan fingerprint density at radius 3 is 2.20 bits per heavy atom. The molecule has 8 nitrogen and oxygen atoms in total. The van der Waals surface area contributed by atoms with Crippen LogP contribution in [-0.2, 0) is 15.0 Å². The first-order chi connectivity index (χ1) is 19.6. The Balaban J connectivity index is 1.42. The molecule has 3 amide bonds. The van der Waals surface area contributed by atoms with Gasteiger partial charge in [0.05, 0.1) is 30.0 Å². The van der Waals surface area contributed by atoms with E-state index in [1.165, 1.54) is 24.4 Å². The molecular formula is C32H24N4O4. The summed E-state index contributed by atoms with van der Waals surface area (Å²) in [5, 5.41) is 4.44. The van der Waals surface area contributed by atoms with E-state index in [1.807, 2.05) is 48.5 Å². The summed E-state index contributed by atoms with van der Waals surface area (Å²) in [4.78, 5) is 46.8. The second-order valence-corrected chi connectivity index (χ2v) is 10.1. The van der Waals surface area contributed by atoms with E-state index in [2.05, 4.69) is 15.5 Å². The van der Waals surface area contributed by atoms with Crippen molar-refractivity contribution in [2.45, 2.75) is 11.3 Å². The molecule has 196 valence electrons. The normalized spacial score (nSPS) is 24.0. The van der Waals surface area contributed by atoms with Gasteiger partial charge in [0.25, 0.3) is 5.91 Å². The van der Waals surface area contributed by atoms with Crippen LogP contribution in [0.2, 0.25) is 0 Å². The number of nitrogens with one attached hydrogen (secondary N) is 1. The fourth-order valence-corrected chi connectivity index (χ4v) is 6.86. The number of hydrogen-bond donors (Lipinski definition) is 1. The van der Waals surface area contributed by atoms with Gasteiger partial charge in [-0.1, -0.05) is 60.7 Å². The van der Waals surface area contributed by atoms with Crippen LogP contribution in [-0.4, -0.2) is 36.0 Å². The molecule has 3 aliphatic carbocycles. The highest BCUT2D eigenvalue weighted by Gasteiger charge is 2.68. The molecule has 0 unspecified atom stereocenters. The number of nitrogens with zero attached hydrogens (tertiary/aromatic N) is 3. The van der Waals surface area contributed by atoms with Crippen molar-refractivity contribution in [3.8, 4) is 5.75 Å². The molecule has 0 saturated carbocycles. The molecule has 8 rings (SSSR count). The first-order valence-corrected chi connectivity index (χ1v) is 13.0. The molecule has 1 N–H and O–H groups in total. The van der Waals surface area contributed by atoms with Crippen molar-refractivity contribution in [3.63, 3.8) is 0 Å². The van der Waals surface area contributed by atoms with Gasteiger partial charge in [0.2, 0.25) is 11.8 Å². The summed E-state index contributed by atoms with van der Waals surface area (Å²) in [5.41, 5.74) is 6.15. The molecular weight excluding hydrogens is 504 g/mol. The van der Waals surface area contributed by atoms with Crippen molar-refractivity contribution in [3.05, 3.63) is 125 Å². The predicted molar refractivity (Wildman–Crippen MR) is 148 cm³/mol. The van der Waals surface area contributed by atoms with Gasteiger partial charge >= 0.3 is 0 Å². The van der Waals surface area contributed by atoms with Gasteiger partial charge < -0.3 is 4.74 Å². The summed E-state index contributed by atoms with van der Waals surface area (Å²) in [6.45, 7) is 0. The number of benzene rings is 3. The summed E-state index contributed by atoms with van der Waals surface area (Å²) in [5.74, 6) is -2.26. The molecule has 8 heteroatoms. The van der Waals surface area contributed by atoms with Gasteiger partial charge in [0.15, 0.2) is 0 Å². The largest absolute Gasteiger partial charge is 0.495 e. The monoisotopic (exact) mass is 528 g/mol. The SMILES string of the molecule is COc1ccccc1N1C(=O)[C@@H]2C3c4ccccc4C(/C=N\NC(=O)c4ccncc4)(c4ccccc43)[C@H]2C1=O. The zero-order valence-electron chi connectivity index (χ0n) is 21.5. The predicted octanol–water partition coefficient (Wildman–Crippen LogP) is 4.06. The van der Waals surface area contributed by atoms with Crippen molar-refractivity contribution in [2.75, 3.05) is 12.0 Å². The zero-order valence-corrected chi connectivity index (χ0v) is 21.5. The van der Waals surface area contributed by atoms with Crippen LogP contribution < -0.4 is 15.1 Å². The highest BCUT2D eigenvalue weighted by molar-refractivity contribution is 6.25. The molecule has 2 atom stereocenters. The van der Waals surface area contributed by atoms with Crippen LogP contribution >= 0.6 is 0 Å². The third kappa shape index (κ3) is 3.16. The standard InChI is InChI=1S/C32H24N4O4/c1-40-25-13-7-6-12-24(25)36-30(38)27-26-20-8-2-4-10-22(20)32(28(27)31(36)39,23-11-5-3-9-21(23)26)18-34-35-29(37)19-14-16-33-17-15-19/h2-18,26-28H,1H3,(H,35,37)/b34-18-/t26?,27-,28-,32?/m1/s1. The number of carbonyl (C=O) groups excluding carboxylic acids is 3. The van der Waals surface area contributed by atoms with Crippen LogP contribution in [0.4, 0.5) is 5.69 Å². The van der Waals surface area contributed by atoms with Gasteiger partial charge in [-0.15, -0.1) is 0 Å². The van der Waals surface area contributed by atoms with Crippen LogP contribution in [0.3, 0.4) is 0 Å². The smallest absolute Gasteiger partial charge is 0.271 e. The number of pyridine rings is 1. The third-order valence-electron chi connectivity index (χ3n) is 8.39. The number of methoxy groups -OCH3 is 1.